The largest absolute Gasteiger partial charge is 0.456 e. The molecule has 0 saturated carbocycles. The van der Waals surface area contributed by atoms with Crippen molar-refractivity contribution in [2.24, 2.45) is 0 Å². The summed E-state index contributed by atoms with van der Waals surface area (Å²) >= 11 is 0. The van der Waals surface area contributed by atoms with E-state index in [-0.39, 0.29) is 5.97 Å². The summed E-state index contributed by atoms with van der Waals surface area (Å²) < 4.78 is 5.66. The minimum absolute atomic E-state index is 0.327. The number of hydrogen-bond acceptors (Lipinski definition) is 4. The molecule has 0 radical (unpaired) electrons. The zero-order valence-electron chi connectivity index (χ0n) is 19.1. The summed E-state index contributed by atoms with van der Waals surface area (Å²) in [6.07, 6.45) is 1.84. The third kappa shape index (κ3) is 6.35. The Morgan fingerprint density at radius 1 is 0.839 bits per heavy atom. The Labute approximate surface area is 185 Å². The maximum Gasteiger partial charge on any atom is 0.340 e. The van der Waals surface area contributed by atoms with Crippen molar-refractivity contribution >= 4 is 23.0 Å². The number of carbonyl (C=O) groups is 1. The summed E-state index contributed by atoms with van der Waals surface area (Å²) in [5.74, 6) is -0.327. The van der Waals surface area contributed by atoms with Crippen molar-refractivity contribution in [3.8, 4) is 0 Å². The van der Waals surface area contributed by atoms with Gasteiger partial charge < -0.3 is 15.0 Å². The summed E-state index contributed by atoms with van der Waals surface area (Å²) in [7, 11) is 4.01. The number of ether oxygens (including phenoxy) is 1. The van der Waals surface area contributed by atoms with Gasteiger partial charge in [0.1, 0.15) is 5.60 Å². The highest BCUT2D eigenvalue weighted by Gasteiger charge is 2.21. The molecule has 0 spiro atoms. The number of esters is 1. The van der Waals surface area contributed by atoms with E-state index in [9.17, 15) is 4.79 Å². The number of nitrogens with one attached hydrogen (secondary N) is 1. The zero-order chi connectivity index (χ0) is 22.4. The summed E-state index contributed by atoms with van der Waals surface area (Å²) in [5, 5.41) is 3.49. The number of rotatable bonds is 7. The predicted molar refractivity (Wildman–Crippen MR) is 130 cm³/mol. The van der Waals surface area contributed by atoms with Gasteiger partial charge in [-0.1, -0.05) is 48.5 Å². The fourth-order valence-corrected chi connectivity index (χ4v) is 3.41. The van der Waals surface area contributed by atoms with Crippen molar-refractivity contribution in [2.45, 2.75) is 39.2 Å². The van der Waals surface area contributed by atoms with Crippen LogP contribution in [0.5, 0.6) is 0 Å². The average molecular weight is 417 g/mol. The van der Waals surface area contributed by atoms with Crippen LogP contribution in [0.15, 0.2) is 72.8 Å². The monoisotopic (exact) mass is 416 g/mol. The number of carbonyl (C=O) groups excluding carboxylic acids is 1. The Hall–Kier alpha value is -3.27. The highest BCUT2D eigenvalue weighted by atomic mass is 16.6. The number of para-hydroxylation sites is 2. The molecule has 162 valence electrons. The van der Waals surface area contributed by atoms with Gasteiger partial charge >= 0.3 is 5.97 Å². The molecular weight excluding hydrogens is 384 g/mol. The molecule has 0 saturated heterocycles. The van der Waals surface area contributed by atoms with E-state index >= 15 is 0 Å². The molecule has 3 aromatic carbocycles. The minimum atomic E-state index is -0.554. The Morgan fingerprint density at radius 3 is 2.16 bits per heavy atom. The number of benzene rings is 3. The first-order valence-electron chi connectivity index (χ1n) is 10.7. The van der Waals surface area contributed by atoms with Crippen molar-refractivity contribution in [1.29, 1.82) is 0 Å². The normalized spacial score (nSPS) is 11.1. The van der Waals surface area contributed by atoms with Crippen LogP contribution < -0.4 is 10.2 Å². The van der Waals surface area contributed by atoms with Crippen LogP contribution in [-0.2, 0) is 17.6 Å². The molecule has 3 rings (SSSR count). The molecule has 0 atom stereocenters. The summed E-state index contributed by atoms with van der Waals surface area (Å²) in [6.45, 7) is 5.65. The van der Waals surface area contributed by atoms with Gasteiger partial charge in [0, 0.05) is 14.1 Å². The van der Waals surface area contributed by atoms with Gasteiger partial charge in [0.2, 0.25) is 0 Å². The quantitative estimate of drug-likeness (QED) is 0.463. The molecular formula is C27H32N2O2. The molecule has 0 heterocycles. The molecule has 0 aliphatic heterocycles. The topological polar surface area (TPSA) is 41.6 Å². The van der Waals surface area contributed by atoms with E-state index in [0.29, 0.717) is 5.56 Å². The molecule has 4 nitrogen and oxygen atoms in total. The lowest BCUT2D eigenvalue weighted by Crippen LogP contribution is -2.24. The van der Waals surface area contributed by atoms with Gasteiger partial charge in [0.15, 0.2) is 0 Å². The predicted octanol–water partition coefficient (Wildman–Crippen LogP) is 6.24. The van der Waals surface area contributed by atoms with E-state index in [1.165, 1.54) is 11.1 Å². The summed E-state index contributed by atoms with van der Waals surface area (Å²) in [5.41, 5.74) is 5.19. The van der Waals surface area contributed by atoms with E-state index in [2.05, 4.69) is 46.6 Å². The molecule has 0 fully saturated rings. The van der Waals surface area contributed by atoms with Crippen molar-refractivity contribution < 1.29 is 9.53 Å². The first-order valence-corrected chi connectivity index (χ1v) is 10.7. The van der Waals surface area contributed by atoms with Gasteiger partial charge in [-0.25, -0.2) is 4.79 Å². The lowest BCUT2D eigenvalue weighted by Gasteiger charge is -2.22. The van der Waals surface area contributed by atoms with Crippen LogP contribution in [0.25, 0.3) is 0 Å². The lowest BCUT2D eigenvalue weighted by atomic mass is 10.0. The molecule has 1 N–H and O–H groups in total. The molecule has 0 unspecified atom stereocenters. The fraction of sp³-hybridized carbons (Fsp3) is 0.296. The molecule has 4 heteroatoms. The van der Waals surface area contributed by atoms with Crippen molar-refractivity contribution in [3.05, 3.63) is 89.5 Å². The minimum Gasteiger partial charge on any atom is -0.456 e. The van der Waals surface area contributed by atoms with Crippen LogP contribution in [0.3, 0.4) is 0 Å². The standard InChI is InChI=1S/C27H32N2O2/c1-27(2,3)31-26(30)22-18-17-21(16-15-20-11-7-6-8-12-20)19-24(22)28-23-13-9-10-14-25(23)29(4)5/h6-14,17-19,28H,15-16H2,1-5H3. The SMILES string of the molecule is CN(C)c1ccccc1Nc1cc(CCc2ccccc2)ccc1C(=O)OC(C)(C)C. The third-order valence-corrected chi connectivity index (χ3v) is 4.90. The Morgan fingerprint density at radius 2 is 1.48 bits per heavy atom. The second-order valence-electron chi connectivity index (χ2n) is 8.90. The fourth-order valence-electron chi connectivity index (χ4n) is 3.41. The summed E-state index contributed by atoms with van der Waals surface area (Å²) in [4.78, 5) is 15.0. The maximum atomic E-state index is 12.9. The highest BCUT2D eigenvalue weighted by Crippen LogP contribution is 2.30. The third-order valence-electron chi connectivity index (χ3n) is 4.90. The first-order chi connectivity index (χ1) is 14.7. The molecule has 0 aromatic heterocycles. The van der Waals surface area contributed by atoms with E-state index in [1.54, 1.807) is 0 Å². The van der Waals surface area contributed by atoms with Crippen LogP contribution in [0.1, 0.15) is 42.3 Å². The molecule has 3 aromatic rings. The second-order valence-corrected chi connectivity index (χ2v) is 8.90. The van der Waals surface area contributed by atoms with Crippen molar-refractivity contribution in [3.63, 3.8) is 0 Å². The van der Waals surface area contributed by atoms with Crippen LogP contribution in [0.2, 0.25) is 0 Å². The number of aryl methyl sites for hydroxylation is 2. The van der Waals surface area contributed by atoms with Gasteiger partial charge in [-0.2, -0.15) is 0 Å². The van der Waals surface area contributed by atoms with Crippen LogP contribution >= 0.6 is 0 Å². The lowest BCUT2D eigenvalue weighted by molar-refractivity contribution is 0.00707. The number of hydrogen-bond donors (Lipinski definition) is 1. The van der Waals surface area contributed by atoms with Crippen molar-refractivity contribution in [2.75, 3.05) is 24.3 Å². The van der Waals surface area contributed by atoms with E-state index in [0.717, 1.165) is 29.9 Å². The van der Waals surface area contributed by atoms with Crippen LogP contribution in [0, 0.1) is 0 Å². The van der Waals surface area contributed by atoms with E-state index < -0.39 is 5.60 Å². The van der Waals surface area contributed by atoms with Gasteiger partial charge in [0.25, 0.3) is 0 Å². The molecule has 31 heavy (non-hydrogen) atoms. The maximum absolute atomic E-state index is 12.9. The van der Waals surface area contributed by atoms with Crippen LogP contribution in [-0.4, -0.2) is 25.7 Å². The second kappa shape index (κ2) is 9.69. The Bertz CT molecular complexity index is 1020. The molecule has 0 aliphatic carbocycles. The number of anilines is 3. The first kappa shape index (κ1) is 22.4. The van der Waals surface area contributed by atoms with Gasteiger partial charge in [-0.15, -0.1) is 0 Å². The van der Waals surface area contributed by atoms with Crippen LogP contribution in [0.4, 0.5) is 17.1 Å². The van der Waals surface area contributed by atoms with Gasteiger partial charge in [-0.05, 0) is 69.0 Å². The zero-order valence-corrected chi connectivity index (χ0v) is 19.1. The van der Waals surface area contributed by atoms with E-state index in [1.807, 2.05) is 71.3 Å². The number of nitrogens with zero attached hydrogens (tertiary/aromatic N) is 1. The summed E-state index contributed by atoms with van der Waals surface area (Å²) in [6, 6.07) is 24.5. The van der Waals surface area contributed by atoms with E-state index in [4.69, 9.17) is 4.74 Å². The van der Waals surface area contributed by atoms with Gasteiger partial charge in [0.05, 0.1) is 22.6 Å². The molecule has 0 bridgehead atoms. The highest BCUT2D eigenvalue weighted by molar-refractivity contribution is 5.97. The smallest absolute Gasteiger partial charge is 0.340 e. The Balaban J connectivity index is 1.93. The van der Waals surface area contributed by atoms with Crippen molar-refractivity contribution in [1.82, 2.24) is 0 Å². The van der Waals surface area contributed by atoms with Gasteiger partial charge in [-0.3, -0.25) is 0 Å². The molecule has 0 amide bonds. The Kier molecular flexibility index (Phi) is 7.01. The average Bonchev–Trinajstić information content (AvgIpc) is 2.72. The molecule has 0 aliphatic rings.